The second kappa shape index (κ2) is 3.06. The molecule has 4 nitrogen and oxygen atoms in total. The number of amides is 1. The summed E-state index contributed by atoms with van der Waals surface area (Å²) in [7, 11) is 1.58. The van der Waals surface area contributed by atoms with Gasteiger partial charge in [0.2, 0.25) is 0 Å². The predicted octanol–water partition coefficient (Wildman–Crippen LogP) is 1.54. The van der Waals surface area contributed by atoms with Gasteiger partial charge < -0.3 is 14.9 Å². The number of benzene rings is 1. The highest BCUT2D eigenvalue weighted by Crippen LogP contribution is 2.23. The molecule has 1 aromatic heterocycles. The molecule has 1 aromatic carbocycles. The van der Waals surface area contributed by atoms with Crippen LogP contribution in [-0.4, -0.2) is 13.0 Å². The van der Waals surface area contributed by atoms with Crippen LogP contribution in [0.15, 0.2) is 28.7 Å². The molecule has 0 radical (unpaired) electrons. The minimum atomic E-state index is -0.569. The predicted molar refractivity (Wildman–Crippen MR) is 51.3 cm³/mol. The molecule has 0 unspecified atom stereocenters. The summed E-state index contributed by atoms with van der Waals surface area (Å²) < 4.78 is 10.2. The first kappa shape index (κ1) is 8.62. The van der Waals surface area contributed by atoms with Gasteiger partial charge in [-0.25, -0.2) is 0 Å². The SMILES string of the molecule is COc1ccc2oc(C(N)=O)cc2c1. The van der Waals surface area contributed by atoms with Gasteiger partial charge >= 0.3 is 0 Å². The van der Waals surface area contributed by atoms with Gasteiger partial charge in [0.1, 0.15) is 11.3 Å². The van der Waals surface area contributed by atoms with Crippen molar-refractivity contribution in [2.45, 2.75) is 0 Å². The third-order valence-corrected chi connectivity index (χ3v) is 1.97. The topological polar surface area (TPSA) is 65.5 Å². The summed E-state index contributed by atoms with van der Waals surface area (Å²) in [5.41, 5.74) is 5.71. The van der Waals surface area contributed by atoms with Crippen molar-refractivity contribution in [3.63, 3.8) is 0 Å². The molecule has 2 rings (SSSR count). The van der Waals surface area contributed by atoms with E-state index in [2.05, 4.69) is 0 Å². The van der Waals surface area contributed by atoms with Crippen LogP contribution >= 0.6 is 0 Å². The third-order valence-electron chi connectivity index (χ3n) is 1.97. The summed E-state index contributed by atoms with van der Waals surface area (Å²) >= 11 is 0. The minimum absolute atomic E-state index is 0.160. The number of fused-ring (bicyclic) bond motifs is 1. The van der Waals surface area contributed by atoms with Crippen molar-refractivity contribution >= 4 is 16.9 Å². The Kier molecular flexibility index (Phi) is 1.89. The molecule has 0 spiro atoms. The van der Waals surface area contributed by atoms with Gasteiger partial charge in [0.25, 0.3) is 5.91 Å². The highest BCUT2D eigenvalue weighted by atomic mass is 16.5. The molecule has 0 aliphatic heterocycles. The van der Waals surface area contributed by atoms with E-state index in [9.17, 15) is 4.79 Å². The van der Waals surface area contributed by atoms with Crippen LogP contribution in [0.5, 0.6) is 5.75 Å². The summed E-state index contributed by atoms with van der Waals surface area (Å²) in [6.45, 7) is 0. The summed E-state index contributed by atoms with van der Waals surface area (Å²) in [6.07, 6.45) is 0. The van der Waals surface area contributed by atoms with Crippen LogP contribution in [0.3, 0.4) is 0 Å². The van der Waals surface area contributed by atoms with E-state index in [0.717, 1.165) is 5.39 Å². The molecule has 0 bridgehead atoms. The average Bonchev–Trinajstić information content (AvgIpc) is 2.59. The first-order valence-corrected chi connectivity index (χ1v) is 4.08. The van der Waals surface area contributed by atoms with Gasteiger partial charge in [0.05, 0.1) is 7.11 Å². The van der Waals surface area contributed by atoms with E-state index in [1.54, 1.807) is 31.4 Å². The fourth-order valence-corrected chi connectivity index (χ4v) is 1.27. The average molecular weight is 191 g/mol. The van der Waals surface area contributed by atoms with E-state index in [4.69, 9.17) is 14.9 Å². The molecule has 0 saturated carbocycles. The lowest BCUT2D eigenvalue weighted by atomic mass is 10.2. The largest absolute Gasteiger partial charge is 0.497 e. The van der Waals surface area contributed by atoms with Gasteiger partial charge in [-0.2, -0.15) is 0 Å². The summed E-state index contributed by atoms with van der Waals surface area (Å²) in [4.78, 5) is 10.8. The number of nitrogens with two attached hydrogens (primary N) is 1. The van der Waals surface area contributed by atoms with E-state index in [0.29, 0.717) is 11.3 Å². The number of hydrogen-bond donors (Lipinski definition) is 1. The lowest BCUT2D eigenvalue weighted by molar-refractivity contribution is 0.0976. The lowest BCUT2D eigenvalue weighted by Gasteiger charge is -1.96. The van der Waals surface area contributed by atoms with Crippen molar-refractivity contribution < 1.29 is 13.9 Å². The maximum absolute atomic E-state index is 10.8. The van der Waals surface area contributed by atoms with Crippen LogP contribution in [0.1, 0.15) is 10.6 Å². The number of carbonyl (C=O) groups is 1. The number of methoxy groups -OCH3 is 1. The molecule has 0 aliphatic carbocycles. The van der Waals surface area contributed by atoms with Crippen LogP contribution in [0.25, 0.3) is 11.0 Å². The Morgan fingerprint density at radius 3 is 2.86 bits per heavy atom. The quantitative estimate of drug-likeness (QED) is 0.782. The van der Waals surface area contributed by atoms with Crippen LogP contribution < -0.4 is 10.5 Å². The number of carbonyl (C=O) groups excluding carboxylic acids is 1. The van der Waals surface area contributed by atoms with Crippen LogP contribution in [0.2, 0.25) is 0 Å². The highest BCUT2D eigenvalue weighted by Gasteiger charge is 2.08. The number of hydrogen-bond acceptors (Lipinski definition) is 3. The van der Waals surface area contributed by atoms with Crippen molar-refractivity contribution in [2.24, 2.45) is 5.73 Å². The highest BCUT2D eigenvalue weighted by molar-refractivity contribution is 5.95. The van der Waals surface area contributed by atoms with E-state index >= 15 is 0 Å². The number of primary amides is 1. The fourth-order valence-electron chi connectivity index (χ4n) is 1.27. The smallest absolute Gasteiger partial charge is 0.284 e. The first-order chi connectivity index (χ1) is 6.70. The van der Waals surface area contributed by atoms with Gasteiger partial charge in [0, 0.05) is 5.39 Å². The molecule has 14 heavy (non-hydrogen) atoms. The first-order valence-electron chi connectivity index (χ1n) is 4.08. The van der Waals surface area contributed by atoms with E-state index in [1.165, 1.54) is 0 Å². The van der Waals surface area contributed by atoms with Crippen LogP contribution in [0, 0.1) is 0 Å². The van der Waals surface area contributed by atoms with Crippen molar-refractivity contribution in [3.8, 4) is 5.75 Å². The monoisotopic (exact) mass is 191 g/mol. The van der Waals surface area contributed by atoms with Gasteiger partial charge in [-0.1, -0.05) is 0 Å². The number of rotatable bonds is 2. The molecule has 2 N–H and O–H groups in total. The molecule has 1 amide bonds. The fraction of sp³-hybridized carbons (Fsp3) is 0.100. The van der Waals surface area contributed by atoms with Crippen LogP contribution in [-0.2, 0) is 0 Å². The second-order valence-electron chi connectivity index (χ2n) is 2.88. The normalized spacial score (nSPS) is 10.4. The zero-order valence-electron chi connectivity index (χ0n) is 7.61. The zero-order valence-corrected chi connectivity index (χ0v) is 7.61. The lowest BCUT2D eigenvalue weighted by Crippen LogP contribution is -2.08. The van der Waals surface area contributed by atoms with Gasteiger partial charge in [0.15, 0.2) is 5.76 Å². The Bertz CT molecular complexity index is 487. The molecule has 4 heteroatoms. The van der Waals surface area contributed by atoms with Crippen LogP contribution in [0.4, 0.5) is 0 Å². The summed E-state index contributed by atoms with van der Waals surface area (Å²) in [6, 6.07) is 6.88. The Morgan fingerprint density at radius 2 is 2.21 bits per heavy atom. The third kappa shape index (κ3) is 1.31. The van der Waals surface area contributed by atoms with E-state index in [1.807, 2.05) is 0 Å². The molecule has 0 atom stereocenters. The minimum Gasteiger partial charge on any atom is -0.497 e. The standard InChI is InChI=1S/C10H9NO3/c1-13-7-2-3-8-6(4-7)5-9(14-8)10(11)12/h2-5H,1H3,(H2,11,12). The van der Waals surface area contributed by atoms with Crippen molar-refractivity contribution in [1.29, 1.82) is 0 Å². The van der Waals surface area contributed by atoms with Crippen molar-refractivity contribution in [1.82, 2.24) is 0 Å². The van der Waals surface area contributed by atoms with Crippen molar-refractivity contribution in [2.75, 3.05) is 7.11 Å². The molecular formula is C10H9NO3. The van der Waals surface area contributed by atoms with E-state index in [-0.39, 0.29) is 5.76 Å². The Balaban J connectivity index is 2.60. The molecule has 0 aliphatic rings. The Morgan fingerprint density at radius 1 is 1.43 bits per heavy atom. The van der Waals surface area contributed by atoms with Gasteiger partial charge in [-0.05, 0) is 24.3 Å². The maximum atomic E-state index is 10.8. The zero-order chi connectivity index (χ0) is 10.1. The molecule has 2 aromatic rings. The van der Waals surface area contributed by atoms with Crippen molar-refractivity contribution in [3.05, 3.63) is 30.0 Å². The summed E-state index contributed by atoms with van der Waals surface area (Å²) in [5, 5.41) is 0.804. The molecule has 0 saturated heterocycles. The molecule has 0 fully saturated rings. The van der Waals surface area contributed by atoms with Gasteiger partial charge in [-0.15, -0.1) is 0 Å². The maximum Gasteiger partial charge on any atom is 0.284 e. The van der Waals surface area contributed by atoms with Gasteiger partial charge in [-0.3, -0.25) is 4.79 Å². The molecule has 1 heterocycles. The Hall–Kier alpha value is -1.97. The second-order valence-corrected chi connectivity index (χ2v) is 2.88. The molecule has 72 valence electrons. The number of ether oxygens (including phenoxy) is 1. The molecular weight excluding hydrogens is 182 g/mol. The summed E-state index contributed by atoms with van der Waals surface area (Å²) in [5.74, 6) is 0.308. The Labute approximate surface area is 80.3 Å². The van der Waals surface area contributed by atoms with E-state index < -0.39 is 5.91 Å². The number of furan rings is 1.